The van der Waals surface area contributed by atoms with E-state index in [1.807, 2.05) is 16.8 Å². The number of furan rings is 1. The lowest BCUT2D eigenvalue weighted by atomic mass is 10.1. The molecule has 0 aliphatic carbocycles. The van der Waals surface area contributed by atoms with Crippen molar-refractivity contribution >= 4 is 34.5 Å². The molecule has 0 aliphatic heterocycles. The number of hydrogen-bond acceptors (Lipinski definition) is 7. The van der Waals surface area contributed by atoms with Gasteiger partial charge in [0.15, 0.2) is 5.76 Å². The van der Waals surface area contributed by atoms with E-state index in [0.29, 0.717) is 5.82 Å². The Kier molecular flexibility index (Phi) is 6.27. The molecular formula is C21H15F3N4O4S. The number of carbonyl (C=O) groups excluding carboxylic acids is 2. The third kappa shape index (κ3) is 5.47. The number of aromatic nitrogens is 2. The SMILES string of the molecule is O=C(CCc1nc(-c2ccsc2)no1)Nc1ccc(NC(=O)c2ccco2)cc1C(F)(F)F. The largest absolute Gasteiger partial charge is 0.459 e. The Morgan fingerprint density at radius 3 is 2.67 bits per heavy atom. The van der Waals surface area contributed by atoms with Gasteiger partial charge in [-0.1, -0.05) is 5.16 Å². The van der Waals surface area contributed by atoms with Crippen LogP contribution in [-0.4, -0.2) is 22.0 Å². The number of amides is 2. The molecular weight excluding hydrogens is 461 g/mol. The molecule has 0 saturated carbocycles. The second kappa shape index (κ2) is 9.28. The molecule has 0 fully saturated rings. The smallest absolute Gasteiger partial charge is 0.418 e. The van der Waals surface area contributed by atoms with Crippen LogP contribution in [0, 0.1) is 0 Å². The van der Waals surface area contributed by atoms with Gasteiger partial charge in [0.25, 0.3) is 5.91 Å². The third-order valence-corrected chi connectivity index (χ3v) is 5.10. The molecule has 0 atom stereocenters. The van der Waals surface area contributed by atoms with Gasteiger partial charge in [-0.25, -0.2) is 0 Å². The normalized spacial score (nSPS) is 11.4. The van der Waals surface area contributed by atoms with Crippen LogP contribution >= 0.6 is 11.3 Å². The van der Waals surface area contributed by atoms with Gasteiger partial charge >= 0.3 is 6.18 Å². The Balaban J connectivity index is 1.42. The fraction of sp³-hybridized carbons (Fsp3) is 0.143. The molecule has 33 heavy (non-hydrogen) atoms. The first-order chi connectivity index (χ1) is 15.8. The second-order valence-corrected chi connectivity index (χ2v) is 7.54. The number of nitrogens with zero attached hydrogens (tertiary/aromatic N) is 2. The maximum absolute atomic E-state index is 13.6. The number of thiophene rings is 1. The molecule has 0 radical (unpaired) electrons. The number of anilines is 2. The van der Waals surface area contributed by atoms with E-state index in [9.17, 15) is 22.8 Å². The van der Waals surface area contributed by atoms with E-state index in [1.54, 1.807) is 0 Å². The number of halogens is 3. The average Bonchev–Trinajstić information content (AvgIpc) is 3.55. The van der Waals surface area contributed by atoms with E-state index < -0.39 is 29.2 Å². The van der Waals surface area contributed by atoms with E-state index in [4.69, 9.17) is 8.94 Å². The first-order valence-electron chi connectivity index (χ1n) is 9.51. The van der Waals surface area contributed by atoms with Crippen LogP contribution in [0.2, 0.25) is 0 Å². The number of alkyl halides is 3. The first kappa shape index (κ1) is 22.3. The molecule has 0 saturated heterocycles. The fourth-order valence-corrected chi connectivity index (χ4v) is 3.50. The van der Waals surface area contributed by atoms with Crippen molar-refractivity contribution < 1.29 is 31.7 Å². The Bertz CT molecular complexity index is 1250. The van der Waals surface area contributed by atoms with Crippen molar-refractivity contribution in [3.05, 3.63) is 70.6 Å². The van der Waals surface area contributed by atoms with Crippen molar-refractivity contribution in [2.24, 2.45) is 0 Å². The Morgan fingerprint density at radius 1 is 1.12 bits per heavy atom. The van der Waals surface area contributed by atoms with Crippen molar-refractivity contribution in [2.75, 3.05) is 10.6 Å². The van der Waals surface area contributed by atoms with Gasteiger partial charge in [0.2, 0.25) is 17.6 Å². The molecule has 8 nitrogen and oxygen atoms in total. The fourth-order valence-electron chi connectivity index (χ4n) is 2.86. The van der Waals surface area contributed by atoms with Gasteiger partial charge in [0.1, 0.15) is 0 Å². The maximum atomic E-state index is 13.6. The summed E-state index contributed by atoms with van der Waals surface area (Å²) in [4.78, 5) is 28.5. The summed E-state index contributed by atoms with van der Waals surface area (Å²) in [6.45, 7) is 0. The van der Waals surface area contributed by atoms with E-state index in [0.717, 1.165) is 17.7 Å². The van der Waals surface area contributed by atoms with Crippen LogP contribution in [0.25, 0.3) is 11.4 Å². The Morgan fingerprint density at radius 2 is 1.97 bits per heavy atom. The van der Waals surface area contributed by atoms with Gasteiger partial charge in [-0.05, 0) is 41.8 Å². The van der Waals surface area contributed by atoms with E-state index in [1.165, 1.54) is 35.8 Å². The number of hydrogen-bond donors (Lipinski definition) is 2. The van der Waals surface area contributed by atoms with Crippen molar-refractivity contribution in [3.8, 4) is 11.4 Å². The molecule has 0 spiro atoms. The highest BCUT2D eigenvalue weighted by molar-refractivity contribution is 7.08. The first-order valence-corrected chi connectivity index (χ1v) is 10.4. The predicted octanol–water partition coefficient (Wildman–Crippen LogP) is 5.23. The third-order valence-electron chi connectivity index (χ3n) is 4.42. The summed E-state index contributed by atoms with van der Waals surface area (Å²) in [6, 6.07) is 7.72. The van der Waals surface area contributed by atoms with E-state index in [2.05, 4.69) is 20.8 Å². The zero-order valence-electron chi connectivity index (χ0n) is 16.7. The van der Waals surface area contributed by atoms with Crippen LogP contribution in [0.4, 0.5) is 24.5 Å². The van der Waals surface area contributed by atoms with Crippen LogP contribution in [0.3, 0.4) is 0 Å². The minimum atomic E-state index is -4.77. The number of carbonyl (C=O) groups is 2. The number of rotatable bonds is 7. The van der Waals surface area contributed by atoms with Crippen molar-refractivity contribution in [1.82, 2.24) is 10.1 Å². The van der Waals surface area contributed by atoms with Crippen LogP contribution in [0.1, 0.15) is 28.4 Å². The monoisotopic (exact) mass is 476 g/mol. The number of benzene rings is 1. The zero-order valence-corrected chi connectivity index (χ0v) is 17.5. The number of nitrogens with one attached hydrogen (secondary N) is 2. The highest BCUT2D eigenvalue weighted by atomic mass is 32.1. The van der Waals surface area contributed by atoms with E-state index in [-0.39, 0.29) is 30.2 Å². The van der Waals surface area contributed by atoms with Crippen LogP contribution in [-0.2, 0) is 17.4 Å². The molecule has 0 bridgehead atoms. The van der Waals surface area contributed by atoms with Gasteiger partial charge < -0.3 is 19.6 Å². The minimum absolute atomic E-state index is 0.0517. The zero-order chi connectivity index (χ0) is 23.4. The van der Waals surface area contributed by atoms with Crippen molar-refractivity contribution in [1.29, 1.82) is 0 Å². The molecule has 2 amide bonds. The lowest BCUT2D eigenvalue weighted by Crippen LogP contribution is -2.18. The molecule has 0 unspecified atom stereocenters. The molecule has 2 N–H and O–H groups in total. The van der Waals surface area contributed by atoms with Crippen molar-refractivity contribution in [3.63, 3.8) is 0 Å². The average molecular weight is 476 g/mol. The van der Waals surface area contributed by atoms with Crippen LogP contribution < -0.4 is 10.6 Å². The Labute approximate surface area is 188 Å². The summed E-state index contributed by atoms with van der Waals surface area (Å²) >= 11 is 1.46. The highest BCUT2D eigenvalue weighted by Gasteiger charge is 2.34. The highest BCUT2D eigenvalue weighted by Crippen LogP contribution is 2.37. The van der Waals surface area contributed by atoms with E-state index >= 15 is 0 Å². The summed E-state index contributed by atoms with van der Waals surface area (Å²) in [5, 5.41) is 12.1. The molecule has 4 aromatic rings. The van der Waals surface area contributed by atoms with Crippen LogP contribution in [0.15, 0.2) is 62.4 Å². The predicted molar refractivity (Wildman–Crippen MR) is 113 cm³/mol. The molecule has 4 rings (SSSR count). The summed E-state index contributed by atoms with van der Waals surface area (Å²) in [7, 11) is 0. The Hall–Kier alpha value is -3.93. The van der Waals surface area contributed by atoms with Gasteiger partial charge in [0.05, 0.1) is 17.5 Å². The summed E-state index contributed by atoms with van der Waals surface area (Å²) in [5.41, 5.74) is -0.874. The van der Waals surface area contributed by atoms with Gasteiger partial charge in [-0.3, -0.25) is 9.59 Å². The molecule has 12 heteroatoms. The number of aryl methyl sites for hydroxylation is 1. The molecule has 1 aromatic carbocycles. The minimum Gasteiger partial charge on any atom is -0.459 e. The van der Waals surface area contributed by atoms with Gasteiger partial charge in [0, 0.05) is 29.5 Å². The maximum Gasteiger partial charge on any atom is 0.418 e. The summed E-state index contributed by atoms with van der Waals surface area (Å²) < 4.78 is 50.7. The lowest BCUT2D eigenvalue weighted by Gasteiger charge is -2.15. The standard InChI is InChI=1S/C21H15F3N4O4S/c22-21(23,24)14-10-13(25-20(30)16-2-1-8-31-16)3-4-15(14)26-17(29)5-6-18-27-19(28-32-18)12-7-9-33-11-12/h1-4,7-11H,5-6H2,(H,25,30)(H,26,29). The molecule has 170 valence electrons. The van der Waals surface area contributed by atoms with Gasteiger partial charge in [-0.15, -0.1) is 0 Å². The summed E-state index contributed by atoms with van der Waals surface area (Å²) in [6.07, 6.45) is -3.61. The van der Waals surface area contributed by atoms with Gasteiger partial charge in [-0.2, -0.15) is 29.5 Å². The quantitative estimate of drug-likeness (QED) is 0.378. The second-order valence-electron chi connectivity index (χ2n) is 6.76. The van der Waals surface area contributed by atoms with Crippen LogP contribution in [0.5, 0.6) is 0 Å². The molecule has 0 aliphatic rings. The van der Waals surface area contributed by atoms with Crippen molar-refractivity contribution in [2.45, 2.75) is 19.0 Å². The summed E-state index contributed by atoms with van der Waals surface area (Å²) in [5.74, 6) is -0.852. The lowest BCUT2D eigenvalue weighted by molar-refractivity contribution is -0.136. The molecule has 3 heterocycles. The molecule has 3 aromatic heterocycles. The topological polar surface area (TPSA) is 110 Å².